The fourth-order valence-corrected chi connectivity index (χ4v) is 3.77. The first-order valence-electron chi connectivity index (χ1n) is 8.74. The maximum absolute atomic E-state index is 11.0. The number of hydrogen-bond donors (Lipinski definition) is 2. The van der Waals surface area contributed by atoms with E-state index in [1.807, 2.05) is 36.4 Å². The van der Waals surface area contributed by atoms with Gasteiger partial charge in [0.25, 0.3) is 0 Å². The Balaban J connectivity index is 1.60. The number of nitrogens with zero attached hydrogens (tertiary/aromatic N) is 1. The van der Waals surface area contributed by atoms with Gasteiger partial charge < -0.3 is 15.2 Å². The summed E-state index contributed by atoms with van der Waals surface area (Å²) in [6.07, 6.45) is 5.09. The minimum atomic E-state index is -0.772. The Bertz CT molecular complexity index is 714. The Morgan fingerprint density at radius 2 is 2.04 bits per heavy atom. The van der Waals surface area contributed by atoms with Crippen LogP contribution in [0.5, 0.6) is 5.88 Å². The second-order valence-corrected chi connectivity index (χ2v) is 7.27. The number of nitrogens with one attached hydrogen (secondary N) is 1. The van der Waals surface area contributed by atoms with Gasteiger partial charge in [-0.1, -0.05) is 23.7 Å². The van der Waals surface area contributed by atoms with Gasteiger partial charge in [0, 0.05) is 29.4 Å². The van der Waals surface area contributed by atoms with Gasteiger partial charge in [-0.25, -0.2) is 4.98 Å². The predicted octanol–water partition coefficient (Wildman–Crippen LogP) is 4.22. The molecule has 134 valence electrons. The van der Waals surface area contributed by atoms with Crippen LogP contribution in [0.15, 0.2) is 42.6 Å². The van der Waals surface area contributed by atoms with Gasteiger partial charge in [0.15, 0.2) is 0 Å². The first kappa shape index (κ1) is 18.2. The third-order valence-corrected chi connectivity index (χ3v) is 5.36. The Morgan fingerprint density at radius 3 is 2.72 bits per heavy atom. The molecule has 4 nitrogen and oxygen atoms in total. The average Bonchev–Trinajstić information content (AvgIpc) is 2.64. The number of benzene rings is 1. The van der Waals surface area contributed by atoms with E-state index < -0.39 is 5.60 Å². The molecule has 0 radical (unpaired) electrons. The summed E-state index contributed by atoms with van der Waals surface area (Å²) in [5.41, 5.74) is 1.31. The van der Waals surface area contributed by atoms with Crippen LogP contribution in [0.2, 0.25) is 5.02 Å². The first-order chi connectivity index (χ1) is 12.0. The zero-order valence-corrected chi connectivity index (χ0v) is 15.5. The molecule has 1 saturated carbocycles. The second kappa shape index (κ2) is 7.73. The van der Waals surface area contributed by atoms with Crippen molar-refractivity contribution < 1.29 is 9.84 Å². The fraction of sp³-hybridized carbons (Fsp3) is 0.450. The predicted molar refractivity (Wildman–Crippen MR) is 99.9 cm³/mol. The van der Waals surface area contributed by atoms with E-state index in [4.69, 9.17) is 16.3 Å². The second-order valence-electron chi connectivity index (χ2n) is 6.84. The molecule has 5 heteroatoms. The highest BCUT2D eigenvalue weighted by molar-refractivity contribution is 6.30. The van der Waals surface area contributed by atoms with Gasteiger partial charge in [-0.05, 0) is 61.9 Å². The number of ether oxygens (including phenoxy) is 1. The number of hydrogen-bond acceptors (Lipinski definition) is 4. The van der Waals surface area contributed by atoms with E-state index in [0.717, 1.165) is 36.8 Å². The molecule has 25 heavy (non-hydrogen) atoms. The van der Waals surface area contributed by atoms with Gasteiger partial charge in [0.2, 0.25) is 5.88 Å². The number of rotatable bonds is 5. The topological polar surface area (TPSA) is 54.4 Å². The summed E-state index contributed by atoms with van der Waals surface area (Å²) in [5, 5.41) is 15.3. The minimum Gasteiger partial charge on any atom is -0.481 e. The van der Waals surface area contributed by atoms with Crippen molar-refractivity contribution in [3.05, 3.63) is 58.7 Å². The van der Waals surface area contributed by atoms with E-state index in [2.05, 4.69) is 17.2 Å². The van der Waals surface area contributed by atoms with Crippen molar-refractivity contribution in [1.82, 2.24) is 10.3 Å². The van der Waals surface area contributed by atoms with Gasteiger partial charge in [0.05, 0.1) is 12.7 Å². The molecule has 3 rings (SSSR count). The lowest BCUT2D eigenvalue weighted by atomic mass is 9.77. The number of methoxy groups -OCH3 is 1. The Hall–Kier alpha value is -1.62. The third-order valence-electron chi connectivity index (χ3n) is 5.13. The number of pyridine rings is 1. The molecular formula is C20H25ClN2O2. The molecule has 0 saturated heterocycles. The lowest BCUT2D eigenvalue weighted by Gasteiger charge is -2.38. The molecule has 1 fully saturated rings. The highest BCUT2D eigenvalue weighted by atomic mass is 35.5. The van der Waals surface area contributed by atoms with Gasteiger partial charge in [0.1, 0.15) is 0 Å². The van der Waals surface area contributed by atoms with Crippen molar-refractivity contribution in [3.8, 4) is 5.88 Å². The maximum Gasteiger partial charge on any atom is 0.213 e. The lowest BCUT2D eigenvalue weighted by Crippen LogP contribution is -2.40. The van der Waals surface area contributed by atoms with E-state index in [1.165, 1.54) is 0 Å². The van der Waals surface area contributed by atoms with Crippen LogP contribution in [-0.4, -0.2) is 23.2 Å². The Kier molecular flexibility index (Phi) is 5.62. The molecule has 1 aliphatic carbocycles. The molecule has 1 aromatic carbocycles. The lowest BCUT2D eigenvalue weighted by molar-refractivity contribution is -0.00922. The molecule has 2 N–H and O–H groups in total. The van der Waals surface area contributed by atoms with Gasteiger partial charge in [-0.15, -0.1) is 0 Å². The summed E-state index contributed by atoms with van der Waals surface area (Å²) in [4.78, 5) is 4.15. The Labute approximate surface area is 154 Å². The van der Waals surface area contributed by atoms with Crippen molar-refractivity contribution in [2.24, 2.45) is 0 Å². The van der Waals surface area contributed by atoms with Gasteiger partial charge >= 0.3 is 0 Å². The molecule has 1 aliphatic rings. The quantitative estimate of drug-likeness (QED) is 0.838. The smallest absolute Gasteiger partial charge is 0.213 e. The van der Waals surface area contributed by atoms with Crippen LogP contribution in [0.1, 0.15) is 49.8 Å². The third kappa shape index (κ3) is 4.32. The van der Waals surface area contributed by atoms with E-state index >= 15 is 0 Å². The number of aliphatic hydroxyl groups is 1. The summed E-state index contributed by atoms with van der Waals surface area (Å²) in [6, 6.07) is 12.1. The van der Waals surface area contributed by atoms with Crippen molar-refractivity contribution in [3.63, 3.8) is 0 Å². The molecule has 0 amide bonds. The molecule has 0 aliphatic heterocycles. The first-order valence-corrected chi connectivity index (χ1v) is 9.12. The highest BCUT2D eigenvalue weighted by Crippen LogP contribution is 2.38. The van der Waals surface area contributed by atoms with Crippen LogP contribution in [-0.2, 0) is 5.60 Å². The van der Waals surface area contributed by atoms with E-state index in [0.29, 0.717) is 16.9 Å². The minimum absolute atomic E-state index is 0.208. The summed E-state index contributed by atoms with van der Waals surface area (Å²) in [7, 11) is 1.63. The van der Waals surface area contributed by atoms with Crippen LogP contribution < -0.4 is 10.1 Å². The summed E-state index contributed by atoms with van der Waals surface area (Å²) < 4.78 is 5.20. The summed E-state index contributed by atoms with van der Waals surface area (Å²) in [6.45, 7) is 2.15. The largest absolute Gasteiger partial charge is 0.481 e. The van der Waals surface area contributed by atoms with E-state index in [9.17, 15) is 5.11 Å². The van der Waals surface area contributed by atoms with E-state index in [-0.39, 0.29) is 6.04 Å². The Morgan fingerprint density at radius 1 is 1.28 bits per heavy atom. The summed E-state index contributed by atoms with van der Waals surface area (Å²) in [5.74, 6) is 0.630. The van der Waals surface area contributed by atoms with E-state index in [1.54, 1.807) is 13.3 Å². The van der Waals surface area contributed by atoms with Crippen molar-refractivity contribution in [2.45, 2.75) is 50.3 Å². The molecule has 1 aromatic heterocycles. The van der Waals surface area contributed by atoms with Crippen LogP contribution in [0.25, 0.3) is 0 Å². The van der Waals surface area contributed by atoms with Crippen LogP contribution >= 0.6 is 11.6 Å². The van der Waals surface area contributed by atoms with Crippen molar-refractivity contribution in [1.29, 1.82) is 0 Å². The standard InChI is InChI=1S/C20H25ClN2O2/c1-14(15-8-11-22-19(12-15)25-2)23-18-6-9-20(24,10-7-18)16-4-3-5-17(21)13-16/h3-5,8,11-14,18,23-24H,6-7,9-10H2,1-2H3. The summed E-state index contributed by atoms with van der Waals surface area (Å²) >= 11 is 6.08. The number of halogens is 1. The van der Waals surface area contributed by atoms with Gasteiger partial charge in [-0.2, -0.15) is 0 Å². The molecule has 1 heterocycles. The molecule has 2 aromatic rings. The van der Waals surface area contributed by atoms with Crippen molar-refractivity contribution in [2.75, 3.05) is 7.11 Å². The monoisotopic (exact) mass is 360 g/mol. The molecule has 0 bridgehead atoms. The fourth-order valence-electron chi connectivity index (χ4n) is 3.58. The normalized spacial score (nSPS) is 24.7. The molecule has 0 spiro atoms. The van der Waals surface area contributed by atoms with Crippen molar-refractivity contribution >= 4 is 11.6 Å². The van der Waals surface area contributed by atoms with Crippen LogP contribution in [0, 0.1) is 0 Å². The zero-order valence-electron chi connectivity index (χ0n) is 14.7. The van der Waals surface area contributed by atoms with Gasteiger partial charge in [-0.3, -0.25) is 0 Å². The zero-order chi connectivity index (χ0) is 17.9. The maximum atomic E-state index is 11.0. The molecule has 1 unspecified atom stereocenters. The number of aromatic nitrogens is 1. The average molecular weight is 361 g/mol. The highest BCUT2D eigenvalue weighted by Gasteiger charge is 2.35. The molecule has 1 atom stereocenters. The van der Waals surface area contributed by atoms with Crippen LogP contribution in [0.4, 0.5) is 0 Å². The molecular weight excluding hydrogens is 336 g/mol. The van der Waals surface area contributed by atoms with Crippen LogP contribution in [0.3, 0.4) is 0 Å². The SMILES string of the molecule is COc1cc(C(C)NC2CCC(O)(c3cccc(Cl)c3)CC2)ccn1.